The Kier molecular flexibility index (Phi) is 6.41. The molecule has 34 heavy (non-hydrogen) atoms. The van der Waals surface area contributed by atoms with Gasteiger partial charge >= 0.3 is 12.1 Å². The number of ether oxygens (including phenoxy) is 1. The molecule has 0 radical (unpaired) electrons. The van der Waals surface area contributed by atoms with Crippen molar-refractivity contribution in [2.24, 2.45) is 0 Å². The van der Waals surface area contributed by atoms with Crippen LogP contribution in [0.1, 0.15) is 23.2 Å². The summed E-state index contributed by atoms with van der Waals surface area (Å²) < 4.78 is 45.3. The van der Waals surface area contributed by atoms with Crippen molar-refractivity contribution in [3.05, 3.63) is 55.6 Å². The number of nitrogens with one attached hydrogen (secondary N) is 1. The molecule has 0 saturated carbocycles. The second kappa shape index (κ2) is 9.14. The van der Waals surface area contributed by atoms with E-state index < -0.39 is 35.2 Å². The highest BCUT2D eigenvalue weighted by Crippen LogP contribution is 2.33. The lowest BCUT2D eigenvalue weighted by molar-refractivity contribution is -0.144. The molecular formula is C21H17F3N4O4S2. The van der Waals surface area contributed by atoms with Crippen LogP contribution in [0.4, 0.5) is 13.2 Å². The molecule has 0 bridgehead atoms. The molecule has 1 N–H and O–H groups in total. The highest BCUT2D eigenvalue weighted by Gasteiger charge is 2.30. The molecule has 0 aliphatic rings. The number of nitrogens with zero attached hydrogens (tertiary/aromatic N) is 3. The number of methoxy groups -OCH3 is 1. The maximum Gasteiger partial charge on any atom is 0.416 e. The lowest BCUT2D eigenvalue weighted by Crippen LogP contribution is -2.40. The highest BCUT2D eigenvalue weighted by atomic mass is 32.1. The average molecular weight is 511 g/mol. The largest absolute Gasteiger partial charge is 0.467 e. The number of thiophene rings is 1. The topological polar surface area (TPSA) is 103 Å². The first kappa shape index (κ1) is 23.8. The minimum Gasteiger partial charge on any atom is -0.467 e. The van der Waals surface area contributed by atoms with Crippen molar-refractivity contribution < 1.29 is 27.5 Å². The number of carbonyl (C=O) groups excluding carboxylic acids is 2. The lowest BCUT2D eigenvalue weighted by Gasteiger charge is -2.12. The molecular weight excluding hydrogens is 493 g/mol. The van der Waals surface area contributed by atoms with E-state index in [9.17, 15) is 27.6 Å². The zero-order valence-electron chi connectivity index (χ0n) is 17.8. The molecule has 3 heterocycles. The maximum absolute atomic E-state index is 13.0. The number of hydrogen-bond donors (Lipinski definition) is 1. The van der Waals surface area contributed by atoms with Gasteiger partial charge in [-0.1, -0.05) is 0 Å². The predicted octanol–water partition coefficient (Wildman–Crippen LogP) is 3.36. The van der Waals surface area contributed by atoms with Crippen LogP contribution in [0.25, 0.3) is 21.0 Å². The first-order valence-electron chi connectivity index (χ1n) is 9.86. The molecule has 0 fully saturated rings. The van der Waals surface area contributed by atoms with E-state index in [-0.39, 0.29) is 18.5 Å². The number of fused-ring (bicyclic) bond motifs is 2. The molecule has 0 unspecified atom stereocenters. The Morgan fingerprint density at radius 2 is 1.97 bits per heavy atom. The van der Waals surface area contributed by atoms with Crippen LogP contribution in [0.3, 0.4) is 0 Å². The quantitative estimate of drug-likeness (QED) is 0.399. The molecule has 4 aromatic rings. The van der Waals surface area contributed by atoms with Crippen LogP contribution in [0, 0.1) is 0 Å². The normalized spacial score (nSPS) is 12.7. The third kappa shape index (κ3) is 4.80. The van der Waals surface area contributed by atoms with Gasteiger partial charge in [-0.25, -0.2) is 14.5 Å². The van der Waals surface area contributed by atoms with Crippen molar-refractivity contribution in [2.75, 3.05) is 7.11 Å². The van der Waals surface area contributed by atoms with Gasteiger partial charge in [0, 0.05) is 16.1 Å². The number of hydrogen-bond acceptors (Lipinski definition) is 8. The summed E-state index contributed by atoms with van der Waals surface area (Å²) >= 11 is 2.43. The highest BCUT2D eigenvalue weighted by molar-refractivity contribution is 7.18. The van der Waals surface area contributed by atoms with Crippen LogP contribution in [0.15, 0.2) is 33.8 Å². The average Bonchev–Trinajstić information content (AvgIpc) is 3.42. The monoisotopic (exact) mass is 510 g/mol. The van der Waals surface area contributed by atoms with Gasteiger partial charge in [0.05, 0.1) is 46.9 Å². The maximum atomic E-state index is 13.0. The SMILES string of the molecule is COC(=O)[C@H](C)NC(=O)Cc1nn(Cc2nc3cc(C(F)(F)F)ccc3s2)c(=O)c2cscc12. The second-order valence-corrected chi connectivity index (χ2v) is 9.24. The molecule has 0 spiro atoms. The number of rotatable bonds is 6. The number of halogens is 3. The van der Waals surface area contributed by atoms with E-state index in [1.165, 1.54) is 31.4 Å². The van der Waals surface area contributed by atoms with Crippen LogP contribution in [-0.4, -0.2) is 39.8 Å². The summed E-state index contributed by atoms with van der Waals surface area (Å²) in [5.74, 6) is -1.08. The van der Waals surface area contributed by atoms with Crippen LogP contribution < -0.4 is 10.9 Å². The van der Waals surface area contributed by atoms with Gasteiger partial charge in [0.25, 0.3) is 5.56 Å². The fraction of sp³-hybridized carbons (Fsp3) is 0.286. The number of aromatic nitrogens is 3. The fourth-order valence-electron chi connectivity index (χ4n) is 3.34. The van der Waals surface area contributed by atoms with Gasteiger partial charge in [-0.2, -0.15) is 29.6 Å². The van der Waals surface area contributed by atoms with Crippen molar-refractivity contribution >= 4 is 55.5 Å². The standard InChI is InChI=1S/C21H17F3N4O4S2/c1-10(20(31)32-2)25-17(29)6-14-12-8-33-9-13(12)19(30)28(27-14)7-18-26-15-5-11(21(22,23)24)3-4-16(15)34-18/h3-5,8-10H,6-7H2,1-2H3,(H,25,29)/t10-/m0/s1. The van der Waals surface area contributed by atoms with Crippen LogP contribution in [0.5, 0.6) is 0 Å². The van der Waals surface area contributed by atoms with E-state index in [0.29, 0.717) is 26.2 Å². The molecule has 0 saturated heterocycles. The zero-order valence-corrected chi connectivity index (χ0v) is 19.4. The molecule has 178 valence electrons. The molecule has 8 nitrogen and oxygen atoms in total. The van der Waals surface area contributed by atoms with Gasteiger partial charge in [0.15, 0.2) is 0 Å². The van der Waals surface area contributed by atoms with E-state index in [0.717, 1.165) is 28.2 Å². The van der Waals surface area contributed by atoms with Gasteiger partial charge in [0.2, 0.25) is 5.91 Å². The number of amides is 1. The Bertz CT molecular complexity index is 1460. The van der Waals surface area contributed by atoms with Gasteiger partial charge in [0.1, 0.15) is 11.0 Å². The van der Waals surface area contributed by atoms with Crippen LogP contribution >= 0.6 is 22.7 Å². The smallest absolute Gasteiger partial charge is 0.416 e. The van der Waals surface area contributed by atoms with Crippen molar-refractivity contribution in [3.8, 4) is 0 Å². The Morgan fingerprint density at radius 1 is 1.24 bits per heavy atom. The van der Waals surface area contributed by atoms with E-state index in [2.05, 4.69) is 20.1 Å². The summed E-state index contributed by atoms with van der Waals surface area (Å²) in [6.07, 6.45) is -4.68. The van der Waals surface area contributed by atoms with E-state index in [1.54, 1.807) is 10.8 Å². The molecule has 3 aromatic heterocycles. The van der Waals surface area contributed by atoms with Crippen LogP contribution in [-0.2, 0) is 33.5 Å². The predicted molar refractivity (Wildman–Crippen MR) is 121 cm³/mol. The molecule has 4 rings (SSSR count). The molecule has 1 amide bonds. The first-order valence-corrected chi connectivity index (χ1v) is 11.6. The number of benzene rings is 1. The summed E-state index contributed by atoms with van der Waals surface area (Å²) in [4.78, 5) is 41.2. The number of esters is 1. The Hall–Kier alpha value is -3.32. The third-order valence-corrected chi connectivity index (χ3v) is 6.75. The molecule has 1 aromatic carbocycles. The van der Waals surface area contributed by atoms with Crippen molar-refractivity contribution in [1.82, 2.24) is 20.1 Å². The first-order chi connectivity index (χ1) is 16.1. The molecule has 0 aliphatic carbocycles. The van der Waals surface area contributed by atoms with Gasteiger partial charge in [-0.3, -0.25) is 9.59 Å². The second-order valence-electron chi connectivity index (χ2n) is 7.39. The fourth-order valence-corrected chi connectivity index (χ4v) is 5.10. The minimum atomic E-state index is -4.48. The molecule has 1 atom stereocenters. The number of alkyl halides is 3. The van der Waals surface area contributed by atoms with Crippen LogP contribution in [0.2, 0.25) is 0 Å². The van der Waals surface area contributed by atoms with Crippen molar-refractivity contribution in [2.45, 2.75) is 32.1 Å². The summed E-state index contributed by atoms with van der Waals surface area (Å²) in [6.45, 7) is 1.41. The van der Waals surface area contributed by atoms with E-state index in [4.69, 9.17) is 0 Å². The number of carbonyl (C=O) groups is 2. The van der Waals surface area contributed by atoms with Gasteiger partial charge in [-0.15, -0.1) is 11.3 Å². The van der Waals surface area contributed by atoms with Crippen molar-refractivity contribution in [3.63, 3.8) is 0 Å². The van der Waals surface area contributed by atoms with E-state index >= 15 is 0 Å². The molecule has 0 aliphatic heterocycles. The summed E-state index contributed by atoms with van der Waals surface area (Å²) in [6, 6.07) is 2.44. The summed E-state index contributed by atoms with van der Waals surface area (Å²) in [5, 5.41) is 11.5. The minimum absolute atomic E-state index is 0.0709. The Balaban J connectivity index is 1.64. The zero-order chi connectivity index (χ0) is 24.6. The van der Waals surface area contributed by atoms with E-state index in [1.807, 2.05) is 0 Å². The summed E-state index contributed by atoms with van der Waals surface area (Å²) in [5.41, 5.74) is -0.707. The molecule has 13 heteroatoms. The van der Waals surface area contributed by atoms with Crippen molar-refractivity contribution in [1.29, 1.82) is 0 Å². The van der Waals surface area contributed by atoms with Gasteiger partial charge < -0.3 is 10.1 Å². The third-order valence-electron chi connectivity index (χ3n) is 4.98. The lowest BCUT2D eigenvalue weighted by atomic mass is 10.1. The number of thiazole rings is 1. The Labute approximate surface area is 198 Å². The van der Waals surface area contributed by atoms with Gasteiger partial charge in [-0.05, 0) is 25.1 Å². The Morgan fingerprint density at radius 3 is 2.68 bits per heavy atom. The summed E-state index contributed by atoms with van der Waals surface area (Å²) in [7, 11) is 1.21.